The van der Waals surface area contributed by atoms with Gasteiger partial charge >= 0.3 is 5.69 Å². The molecular weight excluding hydrogens is 370 g/mol. The second-order valence-electron chi connectivity index (χ2n) is 7.18. The highest BCUT2D eigenvalue weighted by Gasteiger charge is 2.16. The molecule has 0 bridgehead atoms. The molecule has 1 aromatic heterocycles. The van der Waals surface area contributed by atoms with Gasteiger partial charge in [0.2, 0.25) is 11.7 Å². The molecule has 2 heterocycles. The third kappa shape index (κ3) is 4.12. The highest BCUT2D eigenvalue weighted by atomic mass is 16.6. The Hall–Kier alpha value is -3.26. The molecule has 0 unspecified atom stereocenters. The van der Waals surface area contributed by atoms with Gasteiger partial charge in [0.05, 0.1) is 16.0 Å². The predicted molar refractivity (Wildman–Crippen MR) is 112 cm³/mol. The van der Waals surface area contributed by atoms with Gasteiger partial charge in [0.15, 0.2) is 0 Å². The van der Waals surface area contributed by atoms with Crippen LogP contribution < -0.4 is 0 Å². The lowest BCUT2D eigenvalue weighted by atomic mass is 10.1. The van der Waals surface area contributed by atoms with Gasteiger partial charge in [-0.3, -0.25) is 10.1 Å². The molecule has 1 aliphatic rings. The molecule has 3 aromatic rings. The van der Waals surface area contributed by atoms with Gasteiger partial charge in [0.25, 0.3) is 0 Å². The summed E-state index contributed by atoms with van der Waals surface area (Å²) in [6, 6.07) is 12.2. The first-order chi connectivity index (χ1) is 14.1. The van der Waals surface area contributed by atoms with Crippen LogP contribution in [0.2, 0.25) is 0 Å². The number of nitro benzene ring substituents is 1. The summed E-state index contributed by atoms with van der Waals surface area (Å²) in [5, 5.41) is 21.2. The molecule has 0 radical (unpaired) electrons. The number of piperidine rings is 1. The van der Waals surface area contributed by atoms with Crippen molar-refractivity contribution in [3.8, 4) is 5.75 Å². The molecule has 0 aliphatic carbocycles. The third-order valence-electron chi connectivity index (χ3n) is 5.28. The summed E-state index contributed by atoms with van der Waals surface area (Å²) in [6.07, 6.45) is 5.21. The van der Waals surface area contributed by atoms with Crippen LogP contribution >= 0.6 is 0 Å². The number of hydrogen-bond acceptors (Lipinski definition) is 6. The number of rotatable bonds is 6. The molecule has 0 spiro atoms. The van der Waals surface area contributed by atoms with Crippen LogP contribution in [0.4, 0.5) is 11.6 Å². The Morgan fingerprint density at radius 2 is 1.90 bits per heavy atom. The van der Waals surface area contributed by atoms with Gasteiger partial charge in [-0.1, -0.05) is 24.6 Å². The molecule has 2 aromatic carbocycles. The Bertz CT molecular complexity index is 1050. The third-order valence-corrected chi connectivity index (χ3v) is 5.28. The Morgan fingerprint density at radius 1 is 1.10 bits per heavy atom. The van der Waals surface area contributed by atoms with Crippen LogP contribution in [0.3, 0.4) is 0 Å². The highest BCUT2D eigenvalue weighted by molar-refractivity contribution is 5.87. The molecule has 150 valence electrons. The second kappa shape index (κ2) is 8.40. The van der Waals surface area contributed by atoms with Crippen LogP contribution in [0.5, 0.6) is 5.75 Å². The predicted octanol–water partition coefficient (Wildman–Crippen LogP) is 3.89. The van der Waals surface area contributed by atoms with Gasteiger partial charge in [-0.15, -0.1) is 0 Å². The van der Waals surface area contributed by atoms with Crippen LogP contribution in [0.1, 0.15) is 24.8 Å². The zero-order chi connectivity index (χ0) is 20.2. The minimum Gasteiger partial charge on any atom is -0.502 e. The number of aliphatic imine (C=N–C) groups is 1. The lowest BCUT2D eigenvalue weighted by Gasteiger charge is -2.26. The number of aromatic hydroxyl groups is 1. The summed E-state index contributed by atoms with van der Waals surface area (Å²) in [5.74, 6) is 0.131. The lowest BCUT2D eigenvalue weighted by molar-refractivity contribution is -0.385. The summed E-state index contributed by atoms with van der Waals surface area (Å²) < 4.78 is 2.06. The number of nitrogens with zero attached hydrogens (tertiary/aromatic N) is 5. The Balaban J connectivity index is 1.64. The molecule has 8 heteroatoms. The van der Waals surface area contributed by atoms with E-state index in [1.807, 2.05) is 24.3 Å². The molecule has 29 heavy (non-hydrogen) atoms. The monoisotopic (exact) mass is 393 g/mol. The van der Waals surface area contributed by atoms with E-state index in [9.17, 15) is 15.2 Å². The van der Waals surface area contributed by atoms with E-state index >= 15 is 0 Å². The van der Waals surface area contributed by atoms with E-state index < -0.39 is 10.7 Å². The number of likely N-dealkylation sites (tertiary alicyclic amines) is 1. The van der Waals surface area contributed by atoms with E-state index in [4.69, 9.17) is 0 Å². The van der Waals surface area contributed by atoms with Gasteiger partial charge in [-0.05, 0) is 44.1 Å². The van der Waals surface area contributed by atoms with Crippen LogP contribution in [-0.2, 0) is 6.54 Å². The zero-order valence-electron chi connectivity index (χ0n) is 16.1. The molecule has 1 N–H and O–H groups in total. The number of para-hydroxylation sites is 3. The number of hydrogen-bond donors (Lipinski definition) is 1. The number of phenols is 1. The maximum Gasteiger partial charge on any atom is 0.311 e. The number of aromatic nitrogens is 2. The van der Waals surface area contributed by atoms with Crippen molar-refractivity contribution in [2.24, 2.45) is 4.99 Å². The van der Waals surface area contributed by atoms with E-state index in [1.165, 1.54) is 37.6 Å². The number of benzene rings is 2. The van der Waals surface area contributed by atoms with E-state index in [2.05, 4.69) is 19.4 Å². The molecule has 4 rings (SSSR count). The Labute approximate surface area is 168 Å². The molecule has 1 fully saturated rings. The van der Waals surface area contributed by atoms with Crippen molar-refractivity contribution in [1.29, 1.82) is 0 Å². The molecule has 1 aliphatic heterocycles. The maximum absolute atomic E-state index is 11.0. The van der Waals surface area contributed by atoms with Gasteiger partial charge in [-0.2, -0.15) is 0 Å². The van der Waals surface area contributed by atoms with Gasteiger partial charge in [0, 0.05) is 30.9 Å². The topological polar surface area (TPSA) is 96.8 Å². The van der Waals surface area contributed by atoms with Crippen molar-refractivity contribution in [2.45, 2.75) is 25.8 Å². The SMILES string of the molecule is O=[N+]([O-])c1cccc(/C=N/c2nc3ccccc3n2CCN2CCCCC2)c1O. The normalized spacial score (nSPS) is 15.3. The molecule has 0 amide bonds. The van der Waals surface area contributed by atoms with Crippen molar-refractivity contribution >= 4 is 28.9 Å². The van der Waals surface area contributed by atoms with E-state index in [-0.39, 0.29) is 11.3 Å². The van der Waals surface area contributed by atoms with Gasteiger partial charge in [0.1, 0.15) is 0 Å². The summed E-state index contributed by atoms with van der Waals surface area (Å²) >= 11 is 0. The van der Waals surface area contributed by atoms with E-state index in [0.29, 0.717) is 5.95 Å². The molecule has 0 atom stereocenters. The molecule has 8 nitrogen and oxygen atoms in total. The van der Waals surface area contributed by atoms with E-state index in [0.717, 1.165) is 37.2 Å². The average Bonchev–Trinajstić information content (AvgIpc) is 3.09. The van der Waals surface area contributed by atoms with Crippen LogP contribution in [-0.4, -0.2) is 50.3 Å². The largest absolute Gasteiger partial charge is 0.502 e. The van der Waals surface area contributed by atoms with Crippen molar-refractivity contribution in [3.05, 3.63) is 58.1 Å². The number of fused-ring (bicyclic) bond motifs is 1. The second-order valence-corrected chi connectivity index (χ2v) is 7.18. The fourth-order valence-corrected chi connectivity index (χ4v) is 3.73. The summed E-state index contributed by atoms with van der Waals surface area (Å²) in [6.45, 7) is 3.92. The minimum absolute atomic E-state index is 0.286. The van der Waals surface area contributed by atoms with Crippen molar-refractivity contribution in [2.75, 3.05) is 19.6 Å². The standard InChI is InChI=1S/C21H23N5O3/c27-20-16(7-6-10-19(20)26(28)29)15-22-21-23-17-8-2-3-9-18(17)25(21)14-13-24-11-4-1-5-12-24/h2-3,6-10,15,27H,1,4-5,11-14H2/b22-15+. The van der Waals surface area contributed by atoms with Crippen molar-refractivity contribution in [3.63, 3.8) is 0 Å². The summed E-state index contributed by atoms with van der Waals surface area (Å²) in [5.41, 5.74) is 1.79. The Kier molecular flexibility index (Phi) is 5.53. The van der Waals surface area contributed by atoms with Gasteiger partial charge < -0.3 is 14.6 Å². The molecular formula is C21H23N5O3. The first-order valence-electron chi connectivity index (χ1n) is 9.81. The number of nitro groups is 1. The number of imidazole rings is 1. The van der Waals surface area contributed by atoms with Crippen molar-refractivity contribution < 1.29 is 10.0 Å². The Morgan fingerprint density at radius 3 is 2.69 bits per heavy atom. The van der Waals surface area contributed by atoms with Crippen molar-refractivity contribution in [1.82, 2.24) is 14.5 Å². The average molecular weight is 393 g/mol. The molecule has 0 saturated carbocycles. The first kappa shape index (κ1) is 19.1. The number of phenolic OH excluding ortho intramolecular Hbond substituents is 1. The summed E-state index contributed by atoms with van der Waals surface area (Å²) in [7, 11) is 0. The van der Waals surface area contributed by atoms with Gasteiger partial charge in [-0.25, -0.2) is 9.98 Å². The van der Waals surface area contributed by atoms with E-state index in [1.54, 1.807) is 6.07 Å². The smallest absolute Gasteiger partial charge is 0.311 e. The fourth-order valence-electron chi connectivity index (χ4n) is 3.73. The van der Waals surface area contributed by atoms with Crippen LogP contribution in [0.25, 0.3) is 11.0 Å². The molecule has 1 saturated heterocycles. The first-order valence-corrected chi connectivity index (χ1v) is 9.81. The quantitative estimate of drug-likeness (QED) is 0.389. The maximum atomic E-state index is 11.0. The van der Waals surface area contributed by atoms with Crippen LogP contribution in [0.15, 0.2) is 47.5 Å². The fraction of sp³-hybridized carbons (Fsp3) is 0.333. The van der Waals surface area contributed by atoms with Crippen LogP contribution in [0, 0.1) is 10.1 Å². The zero-order valence-corrected chi connectivity index (χ0v) is 16.1. The minimum atomic E-state index is -0.611. The lowest BCUT2D eigenvalue weighted by Crippen LogP contribution is -2.32. The summed E-state index contributed by atoms with van der Waals surface area (Å²) in [4.78, 5) is 22.0. The highest BCUT2D eigenvalue weighted by Crippen LogP contribution is 2.29.